The highest BCUT2D eigenvalue weighted by atomic mass is 29.5. The van der Waals surface area contributed by atoms with Gasteiger partial charge in [-0.15, -0.1) is 0 Å². The summed E-state index contributed by atoms with van der Waals surface area (Å²) in [4.78, 5) is 10.6. The number of aliphatic hydroxyl groups is 1. The molecule has 6 radical (unpaired) electrons. The SMILES string of the molecule is CC(O)C(=O)O[Si](C)[Si][Si]. The second-order valence-corrected chi connectivity index (χ2v) is 8.46. The van der Waals surface area contributed by atoms with Gasteiger partial charge in [0.2, 0.25) is 0 Å². The van der Waals surface area contributed by atoms with Gasteiger partial charge in [-0.1, -0.05) is 0 Å². The Morgan fingerprint density at radius 3 is 2.70 bits per heavy atom. The highest BCUT2D eigenvalue weighted by Crippen LogP contribution is 1.88. The van der Waals surface area contributed by atoms with Gasteiger partial charge in [0.25, 0.3) is 8.56 Å². The molecule has 0 aliphatic rings. The molecule has 0 aliphatic carbocycles. The molecule has 1 N–H and O–H groups in total. The van der Waals surface area contributed by atoms with Crippen molar-refractivity contribution in [3.05, 3.63) is 0 Å². The van der Waals surface area contributed by atoms with Crippen LogP contribution in [0.2, 0.25) is 6.55 Å². The average molecular weight is 188 g/mol. The molecule has 10 heavy (non-hydrogen) atoms. The van der Waals surface area contributed by atoms with Crippen LogP contribution in [-0.4, -0.2) is 44.1 Å². The fraction of sp³-hybridized carbons (Fsp3) is 0.750. The number of carbonyl (C=O) groups excluding carboxylic acids is 1. The Morgan fingerprint density at radius 1 is 1.90 bits per heavy atom. The molecule has 0 spiro atoms. The van der Waals surface area contributed by atoms with E-state index in [0.29, 0.717) is 8.55 Å². The lowest BCUT2D eigenvalue weighted by atomic mass is 10.4. The summed E-state index contributed by atoms with van der Waals surface area (Å²) in [6.45, 7) is 3.25. The van der Waals surface area contributed by atoms with Gasteiger partial charge in [0.05, 0.1) is 8.55 Å². The first-order valence-electron chi connectivity index (χ1n) is 2.74. The molecule has 0 aromatic rings. The molecule has 0 saturated carbocycles. The van der Waals surface area contributed by atoms with E-state index in [1.807, 2.05) is 6.55 Å². The van der Waals surface area contributed by atoms with Crippen molar-refractivity contribution in [2.75, 3.05) is 0 Å². The summed E-state index contributed by atoms with van der Waals surface area (Å²) in [5.74, 6) is -0.526. The molecule has 0 bridgehead atoms. The Morgan fingerprint density at radius 2 is 2.40 bits per heavy atom. The second kappa shape index (κ2) is 4.83. The van der Waals surface area contributed by atoms with Crippen LogP contribution in [0.4, 0.5) is 0 Å². The first-order chi connectivity index (χ1) is 4.57. The highest BCUT2D eigenvalue weighted by Gasteiger charge is 2.14. The Labute approximate surface area is 67.3 Å². The van der Waals surface area contributed by atoms with Crippen LogP contribution in [0.3, 0.4) is 0 Å². The van der Waals surface area contributed by atoms with Crippen LogP contribution in [0, 0.1) is 0 Å². The van der Waals surface area contributed by atoms with Crippen molar-refractivity contribution in [1.82, 2.24) is 0 Å². The van der Waals surface area contributed by atoms with E-state index < -0.39 is 20.6 Å². The van der Waals surface area contributed by atoms with Gasteiger partial charge in [-0.05, 0) is 13.5 Å². The maximum absolute atomic E-state index is 10.6. The molecule has 1 atom stereocenters. The van der Waals surface area contributed by atoms with Crippen molar-refractivity contribution in [3.63, 3.8) is 0 Å². The van der Waals surface area contributed by atoms with E-state index in [4.69, 9.17) is 9.53 Å². The number of carbonyl (C=O) groups is 1. The zero-order chi connectivity index (χ0) is 8.15. The molecule has 1 unspecified atom stereocenters. The van der Waals surface area contributed by atoms with E-state index >= 15 is 0 Å². The van der Waals surface area contributed by atoms with Crippen LogP contribution in [0.1, 0.15) is 6.92 Å². The Bertz CT molecular complexity index is 116. The molecule has 0 fully saturated rings. The molecule has 6 heteroatoms. The number of hydrogen-bond acceptors (Lipinski definition) is 3. The van der Waals surface area contributed by atoms with E-state index in [0.717, 1.165) is 0 Å². The molecule has 0 rings (SSSR count). The van der Waals surface area contributed by atoms with Crippen molar-refractivity contribution in [2.24, 2.45) is 0 Å². The minimum absolute atomic E-state index is 0.470. The van der Waals surface area contributed by atoms with Gasteiger partial charge in [0, 0.05) is 9.76 Å². The zero-order valence-electron chi connectivity index (χ0n) is 5.84. The number of aliphatic hydroxyl groups excluding tert-OH is 1. The van der Waals surface area contributed by atoms with Gasteiger partial charge < -0.3 is 9.53 Å². The Hall–Kier alpha value is 0.0806. The summed E-state index contributed by atoms with van der Waals surface area (Å²) in [5, 5.41) is 8.69. The lowest BCUT2D eigenvalue weighted by molar-refractivity contribution is -0.142. The van der Waals surface area contributed by atoms with Gasteiger partial charge in [-0.3, -0.25) is 4.79 Å². The summed E-state index contributed by atoms with van der Waals surface area (Å²) in [7, 11) is 2.68. The van der Waals surface area contributed by atoms with Crippen LogP contribution in [-0.2, 0) is 9.22 Å². The van der Waals surface area contributed by atoms with Crippen molar-refractivity contribution in [1.29, 1.82) is 0 Å². The van der Waals surface area contributed by atoms with Crippen LogP contribution >= 0.6 is 0 Å². The Kier molecular flexibility index (Phi) is 4.87. The van der Waals surface area contributed by atoms with Gasteiger partial charge in [-0.25, -0.2) is 0 Å². The minimum Gasteiger partial charge on any atom is -0.520 e. The van der Waals surface area contributed by atoms with Crippen molar-refractivity contribution in [3.8, 4) is 0 Å². The van der Waals surface area contributed by atoms with Crippen LogP contribution in [0.5, 0.6) is 0 Å². The van der Waals surface area contributed by atoms with E-state index in [2.05, 4.69) is 9.76 Å². The normalized spacial score (nSPS) is 13.3. The molecular formula is C4H8O3Si3. The maximum Gasteiger partial charge on any atom is 0.321 e. The summed E-state index contributed by atoms with van der Waals surface area (Å²) in [6.07, 6.45) is -0.997. The predicted octanol–water partition coefficient (Wildman–Crippen LogP) is -1.18. The molecule has 0 aromatic carbocycles. The second-order valence-electron chi connectivity index (χ2n) is 1.78. The van der Waals surface area contributed by atoms with Crippen LogP contribution < -0.4 is 0 Å². The standard InChI is InChI=1S/C4H8O3Si3/c1-3(5)4(6)7-10(2)9-8/h3,5H,1-2H3. The van der Waals surface area contributed by atoms with Gasteiger partial charge in [0.1, 0.15) is 6.10 Å². The fourth-order valence-corrected chi connectivity index (χ4v) is 1.70. The largest absolute Gasteiger partial charge is 0.520 e. The van der Waals surface area contributed by atoms with Crippen LogP contribution in [0.25, 0.3) is 0 Å². The van der Waals surface area contributed by atoms with Crippen molar-refractivity contribution < 1.29 is 14.3 Å². The molecule has 3 nitrogen and oxygen atoms in total. The van der Waals surface area contributed by atoms with Gasteiger partial charge in [-0.2, -0.15) is 0 Å². The van der Waals surface area contributed by atoms with Crippen molar-refractivity contribution in [2.45, 2.75) is 19.6 Å². The van der Waals surface area contributed by atoms with Gasteiger partial charge >= 0.3 is 5.97 Å². The lowest BCUT2D eigenvalue weighted by Gasteiger charge is -2.09. The molecular weight excluding hydrogens is 180 g/mol. The first kappa shape index (κ1) is 10.1. The first-order valence-corrected chi connectivity index (χ1v) is 8.14. The Balaban J connectivity index is 3.57. The third-order valence-corrected chi connectivity index (χ3v) is 6.16. The summed E-state index contributed by atoms with van der Waals surface area (Å²) in [5.41, 5.74) is 0. The van der Waals surface area contributed by atoms with E-state index in [1.54, 1.807) is 0 Å². The quantitative estimate of drug-likeness (QED) is 0.567. The molecule has 0 aromatic heterocycles. The van der Waals surface area contributed by atoms with E-state index in [9.17, 15) is 4.79 Å². The molecule has 0 amide bonds. The molecule has 0 aliphatic heterocycles. The third kappa shape index (κ3) is 3.99. The molecule has 0 saturated heterocycles. The minimum atomic E-state index is -1.04. The zero-order valence-corrected chi connectivity index (χ0v) is 8.84. The topological polar surface area (TPSA) is 46.5 Å². The van der Waals surface area contributed by atoms with Crippen molar-refractivity contribution >= 4 is 32.8 Å². The van der Waals surface area contributed by atoms with Crippen LogP contribution in [0.15, 0.2) is 0 Å². The average Bonchev–Trinajstić information content (AvgIpc) is 1.87. The maximum atomic E-state index is 10.6. The summed E-state index contributed by atoms with van der Waals surface area (Å²) < 4.78 is 4.84. The monoisotopic (exact) mass is 188 g/mol. The fourth-order valence-electron chi connectivity index (χ4n) is 0.262. The third-order valence-electron chi connectivity index (χ3n) is 0.771. The summed E-state index contributed by atoms with van der Waals surface area (Å²) in [6, 6.07) is 0. The number of hydrogen-bond donors (Lipinski definition) is 1. The van der Waals surface area contributed by atoms with Gasteiger partial charge in [0.15, 0.2) is 0 Å². The molecule has 54 valence electrons. The smallest absolute Gasteiger partial charge is 0.321 e. The lowest BCUT2D eigenvalue weighted by Crippen LogP contribution is -2.31. The predicted molar refractivity (Wildman–Crippen MR) is 40.9 cm³/mol. The van der Waals surface area contributed by atoms with E-state index in [-0.39, 0.29) is 0 Å². The molecule has 0 heterocycles. The highest BCUT2D eigenvalue weighted by molar-refractivity contribution is 7.29. The summed E-state index contributed by atoms with van der Waals surface area (Å²) >= 11 is 0. The number of rotatable bonds is 3. The van der Waals surface area contributed by atoms with E-state index in [1.165, 1.54) is 6.92 Å².